The quantitative estimate of drug-likeness (QED) is 0.441. The maximum atomic E-state index is 11.7. The highest BCUT2D eigenvalue weighted by Gasteiger charge is 2.41. The lowest BCUT2D eigenvalue weighted by Crippen LogP contribution is -2.36. The number of benzene rings is 1. The van der Waals surface area contributed by atoms with E-state index in [4.69, 9.17) is 0 Å². The van der Waals surface area contributed by atoms with E-state index in [1.807, 2.05) is 0 Å². The number of fused-ring (bicyclic) bond motifs is 1. The Morgan fingerprint density at radius 2 is 1.94 bits per heavy atom. The van der Waals surface area contributed by atoms with E-state index in [0.717, 1.165) is 0 Å². The van der Waals surface area contributed by atoms with E-state index >= 15 is 0 Å². The molecule has 0 aromatic heterocycles. The van der Waals surface area contributed by atoms with E-state index in [0.29, 0.717) is 0 Å². The van der Waals surface area contributed by atoms with Gasteiger partial charge in [-0.25, -0.2) is 0 Å². The van der Waals surface area contributed by atoms with Crippen LogP contribution in [0.2, 0.25) is 0 Å². The molecule has 0 N–H and O–H groups in total. The third-order valence-electron chi connectivity index (χ3n) is 2.63. The van der Waals surface area contributed by atoms with Crippen molar-refractivity contribution in [2.45, 2.75) is 19.9 Å². The summed E-state index contributed by atoms with van der Waals surface area (Å²) in [6, 6.07) is 3.84. The SMILES string of the molecule is CC(C)N1C(=O)C(=O)c2cccc([N+](=O)[O-])c21. The van der Waals surface area contributed by atoms with Crippen molar-refractivity contribution in [3.8, 4) is 0 Å². The lowest BCUT2D eigenvalue weighted by atomic mass is 10.1. The minimum absolute atomic E-state index is 0.109. The zero-order chi connectivity index (χ0) is 12.7. The molecule has 0 bridgehead atoms. The molecule has 1 aromatic rings. The Bertz CT molecular complexity index is 536. The van der Waals surface area contributed by atoms with Crippen LogP contribution in [0, 0.1) is 10.1 Å². The monoisotopic (exact) mass is 234 g/mol. The van der Waals surface area contributed by atoms with Gasteiger partial charge in [-0.15, -0.1) is 0 Å². The van der Waals surface area contributed by atoms with Gasteiger partial charge in [0, 0.05) is 12.1 Å². The molecule has 0 saturated carbocycles. The van der Waals surface area contributed by atoms with Crippen molar-refractivity contribution in [3.63, 3.8) is 0 Å². The van der Waals surface area contributed by atoms with Gasteiger partial charge in [0.05, 0.1) is 10.5 Å². The van der Waals surface area contributed by atoms with Gasteiger partial charge in [0.15, 0.2) is 0 Å². The fraction of sp³-hybridized carbons (Fsp3) is 0.273. The van der Waals surface area contributed by atoms with Crippen LogP contribution in [0.4, 0.5) is 11.4 Å². The first kappa shape index (κ1) is 11.3. The summed E-state index contributed by atoms with van der Waals surface area (Å²) in [4.78, 5) is 34.9. The van der Waals surface area contributed by atoms with Crippen molar-refractivity contribution in [1.29, 1.82) is 0 Å². The summed E-state index contributed by atoms with van der Waals surface area (Å²) in [6.45, 7) is 3.41. The van der Waals surface area contributed by atoms with Crippen LogP contribution in [0.25, 0.3) is 0 Å². The van der Waals surface area contributed by atoms with Gasteiger partial charge in [-0.3, -0.25) is 24.6 Å². The van der Waals surface area contributed by atoms with Gasteiger partial charge in [0.2, 0.25) is 0 Å². The summed E-state index contributed by atoms with van der Waals surface area (Å²) in [7, 11) is 0. The molecule has 0 fully saturated rings. The second-order valence-electron chi connectivity index (χ2n) is 4.03. The van der Waals surface area contributed by atoms with Crippen LogP contribution in [0.1, 0.15) is 24.2 Å². The number of hydrogen-bond donors (Lipinski definition) is 0. The second-order valence-corrected chi connectivity index (χ2v) is 4.03. The predicted molar refractivity (Wildman–Crippen MR) is 60.0 cm³/mol. The molecule has 6 heteroatoms. The number of rotatable bonds is 2. The van der Waals surface area contributed by atoms with Gasteiger partial charge >= 0.3 is 0 Å². The first-order valence-corrected chi connectivity index (χ1v) is 5.10. The van der Waals surface area contributed by atoms with Gasteiger partial charge in [-0.2, -0.15) is 0 Å². The fourth-order valence-electron chi connectivity index (χ4n) is 1.93. The van der Waals surface area contributed by atoms with Gasteiger partial charge in [0.25, 0.3) is 17.4 Å². The number of para-hydroxylation sites is 1. The third-order valence-corrected chi connectivity index (χ3v) is 2.63. The van der Waals surface area contributed by atoms with Crippen LogP contribution < -0.4 is 4.90 Å². The lowest BCUT2D eigenvalue weighted by Gasteiger charge is -2.20. The van der Waals surface area contributed by atoms with Crippen molar-refractivity contribution in [2.24, 2.45) is 0 Å². The van der Waals surface area contributed by atoms with E-state index in [9.17, 15) is 19.7 Å². The van der Waals surface area contributed by atoms with Crippen molar-refractivity contribution in [3.05, 3.63) is 33.9 Å². The molecule has 0 unspecified atom stereocenters. The molecule has 1 aliphatic heterocycles. The molecule has 6 nitrogen and oxygen atoms in total. The van der Waals surface area contributed by atoms with E-state index in [2.05, 4.69) is 0 Å². The molecule has 0 radical (unpaired) electrons. The average molecular weight is 234 g/mol. The molecule has 1 heterocycles. The molecule has 0 atom stereocenters. The Kier molecular flexibility index (Phi) is 2.42. The van der Waals surface area contributed by atoms with E-state index in [-0.39, 0.29) is 23.0 Å². The molecular weight excluding hydrogens is 224 g/mol. The molecule has 0 saturated heterocycles. The fourth-order valence-corrected chi connectivity index (χ4v) is 1.93. The van der Waals surface area contributed by atoms with Crippen molar-refractivity contribution in [1.82, 2.24) is 0 Å². The minimum Gasteiger partial charge on any atom is -0.296 e. The lowest BCUT2D eigenvalue weighted by molar-refractivity contribution is -0.384. The Labute approximate surface area is 97.0 Å². The molecule has 1 amide bonds. The highest BCUT2D eigenvalue weighted by Crippen LogP contribution is 2.38. The topological polar surface area (TPSA) is 80.5 Å². The van der Waals surface area contributed by atoms with Crippen LogP contribution in [0.15, 0.2) is 18.2 Å². The highest BCUT2D eigenvalue weighted by molar-refractivity contribution is 6.52. The molecular formula is C11H10N2O4. The molecule has 0 spiro atoms. The minimum atomic E-state index is -0.704. The van der Waals surface area contributed by atoms with E-state index < -0.39 is 16.6 Å². The summed E-state index contributed by atoms with van der Waals surface area (Å²) in [5.41, 5.74) is 0.0100. The smallest absolute Gasteiger partial charge is 0.296 e. The summed E-state index contributed by atoms with van der Waals surface area (Å²) < 4.78 is 0. The first-order valence-electron chi connectivity index (χ1n) is 5.10. The number of amides is 1. The summed E-state index contributed by atoms with van der Waals surface area (Å²) in [5, 5.41) is 10.9. The second kappa shape index (κ2) is 3.65. The van der Waals surface area contributed by atoms with Crippen LogP contribution in [0.5, 0.6) is 0 Å². The number of carbonyl (C=O) groups is 2. The maximum absolute atomic E-state index is 11.7. The Morgan fingerprint density at radius 3 is 2.47 bits per heavy atom. The van der Waals surface area contributed by atoms with Crippen LogP contribution in [0.3, 0.4) is 0 Å². The number of Topliss-reactive ketones (excluding diaryl/α,β-unsaturated/α-hetero) is 1. The van der Waals surface area contributed by atoms with Crippen LogP contribution in [-0.2, 0) is 4.79 Å². The maximum Gasteiger partial charge on any atom is 0.299 e. The molecule has 17 heavy (non-hydrogen) atoms. The van der Waals surface area contributed by atoms with Gasteiger partial charge in [-0.1, -0.05) is 6.07 Å². The number of ketones is 1. The molecule has 1 aromatic carbocycles. The first-order chi connectivity index (χ1) is 7.95. The third kappa shape index (κ3) is 1.49. The molecule has 88 valence electrons. The molecule has 2 rings (SSSR count). The number of carbonyl (C=O) groups excluding carboxylic acids is 2. The van der Waals surface area contributed by atoms with E-state index in [1.54, 1.807) is 13.8 Å². The van der Waals surface area contributed by atoms with Crippen molar-refractivity contribution >= 4 is 23.1 Å². The van der Waals surface area contributed by atoms with Gasteiger partial charge in [-0.05, 0) is 19.9 Å². The number of hydrogen-bond acceptors (Lipinski definition) is 4. The number of nitro groups is 1. The number of anilines is 1. The normalized spacial score (nSPS) is 14.4. The van der Waals surface area contributed by atoms with Gasteiger partial charge < -0.3 is 0 Å². The molecule has 1 aliphatic rings. The Balaban J connectivity index is 2.73. The average Bonchev–Trinajstić information content (AvgIpc) is 2.51. The largest absolute Gasteiger partial charge is 0.299 e. The van der Waals surface area contributed by atoms with E-state index in [1.165, 1.54) is 23.1 Å². The Hall–Kier alpha value is -2.24. The van der Waals surface area contributed by atoms with Crippen LogP contribution in [-0.4, -0.2) is 22.7 Å². The predicted octanol–water partition coefficient (Wildman–Crippen LogP) is 1.53. The zero-order valence-electron chi connectivity index (χ0n) is 9.34. The Morgan fingerprint density at radius 1 is 1.29 bits per heavy atom. The molecule has 0 aliphatic carbocycles. The van der Waals surface area contributed by atoms with Crippen LogP contribution >= 0.6 is 0 Å². The van der Waals surface area contributed by atoms with Crippen molar-refractivity contribution in [2.75, 3.05) is 4.90 Å². The highest BCUT2D eigenvalue weighted by atomic mass is 16.6. The van der Waals surface area contributed by atoms with Crippen molar-refractivity contribution < 1.29 is 14.5 Å². The number of nitro benzene ring substituents is 1. The zero-order valence-corrected chi connectivity index (χ0v) is 9.34. The summed E-state index contributed by atoms with van der Waals surface area (Å²) in [6.07, 6.45) is 0. The standard InChI is InChI=1S/C11H10N2O4/c1-6(2)12-9-7(10(14)11(12)15)4-3-5-8(9)13(16)17/h3-6H,1-2H3. The summed E-state index contributed by atoms with van der Waals surface area (Å²) >= 11 is 0. The van der Waals surface area contributed by atoms with Gasteiger partial charge in [0.1, 0.15) is 5.69 Å². The number of nitrogens with zero attached hydrogens (tertiary/aromatic N) is 2. The summed E-state index contributed by atoms with van der Waals surface area (Å²) in [5.74, 6) is -1.39.